The predicted octanol–water partition coefficient (Wildman–Crippen LogP) is 6.57. The van der Waals surface area contributed by atoms with E-state index < -0.39 is 23.4 Å². The molecule has 4 rings (SSSR count). The van der Waals surface area contributed by atoms with Gasteiger partial charge in [-0.3, -0.25) is 0 Å². The second-order valence-corrected chi connectivity index (χ2v) is 10.2. The molecule has 0 aliphatic rings. The van der Waals surface area contributed by atoms with Crippen molar-refractivity contribution in [1.82, 2.24) is 9.97 Å². The van der Waals surface area contributed by atoms with Crippen molar-refractivity contribution in [3.8, 4) is 11.1 Å². The van der Waals surface area contributed by atoms with Crippen LogP contribution in [0.25, 0.3) is 33.3 Å². The van der Waals surface area contributed by atoms with Crippen molar-refractivity contribution in [2.24, 2.45) is 0 Å². The standard InChI is InChI=1S/C29H32N2O5/c1-15-8-11-19(12-9-15)22-18(4)25-24(17(3)23(22)26(27(32)33)36-29(5,6)7)31-28(34)30-20-14-16(2)10-13-21(20)35-25/h8-14,26H,1-7H3,(H,32,33)(H2,30,31,34)/t26-/m0/s1. The van der Waals surface area contributed by atoms with Crippen LogP contribution in [-0.4, -0.2) is 26.6 Å². The van der Waals surface area contributed by atoms with Gasteiger partial charge in [-0.2, -0.15) is 0 Å². The lowest BCUT2D eigenvalue weighted by atomic mass is 9.87. The van der Waals surface area contributed by atoms with Crippen LogP contribution >= 0.6 is 0 Å². The Bertz CT molecular complexity index is 1580. The number of rotatable bonds is 4. The van der Waals surface area contributed by atoms with Gasteiger partial charge in [0, 0.05) is 11.1 Å². The summed E-state index contributed by atoms with van der Waals surface area (Å²) < 4.78 is 12.5. The summed E-state index contributed by atoms with van der Waals surface area (Å²) in [5.74, 6) is -1.11. The molecule has 36 heavy (non-hydrogen) atoms. The smallest absolute Gasteiger partial charge is 0.337 e. The van der Waals surface area contributed by atoms with Gasteiger partial charge in [0.15, 0.2) is 17.3 Å². The van der Waals surface area contributed by atoms with E-state index in [9.17, 15) is 14.7 Å². The third kappa shape index (κ3) is 4.93. The Morgan fingerprint density at radius 1 is 0.944 bits per heavy atom. The van der Waals surface area contributed by atoms with E-state index >= 15 is 0 Å². The minimum absolute atomic E-state index is 0.408. The van der Waals surface area contributed by atoms with Crippen LogP contribution < -0.4 is 5.69 Å². The maximum absolute atomic E-state index is 12.9. The molecule has 7 heteroatoms. The molecule has 0 fully saturated rings. The monoisotopic (exact) mass is 488 g/mol. The third-order valence-corrected chi connectivity index (χ3v) is 6.12. The first-order chi connectivity index (χ1) is 16.9. The number of hydrogen-bond donors (Lipinski definition) is 3. The Hall–Kier alpha value is -3.84. The first kappa shape index (κ1) is 25.3. The molecule has 0 bridgehead atoms. The molecule has 0 saturated heterocycles. The van der Waals surface area contributed by atoms with Gasteiger partial charge in [0.05, 0.1) is 16.6 Å². The largest absolute Gasteiger partial charge is 0.479 e. The number of H-pyrrole nitrogens is 2. The minimum atomic E-state index is -1.27. The summed E-state index contributed by atoms with van der Waals surface area (Å²) in [4.78, 5) is 31.2. The average Bonchev–Trinajstić information content (AvgIpc) is 2.77. The molecule has 0 amide bonds. The molecule has 0 aliphatic carbocycles. The highest BCUT2D eigenvalue weighted by molar-refractivity contribution is 5.94. The van der Waals surface area contributed by atoms with Gasteiger partial charge in [-0.15, -0.1) is 0 Å². The Kier molecular flexibility index (Phi) is 6.54. The van der Waals surface area contributed by atoms with Crippen LogP contribution in [0.1, 0.15) is 54.7 Å². The second kappa shape index (κ2) is 9.32. The van der Waals surface area contributed by atoms with Gasteiger partial charge in [0.1, 0.15) is 0 Å². The maximum Gasteiger partial charge on any atom is 0.337 e. The SMILES string of the molecule is Cc1ccc(-c2c([C@H](OC(C)(C)C)C(=O)O)c(C)c3[nH]c(=O)[nH]c4cc(C)ccc4oc3c2C)cc1. The lowest BCUT2D eigenvalue weighted by Crippen LogP contribution is -2.28. The first-order valence-corrected chi connectivity index (χ1v) is 11.9. The van der Waals surface area contributed by atoms with Crippen LogP contribution in [0, 0.1) is 27.7 Å². The zero-order chi connectivity index (χ0) is 26.4. The fraction of sp³-hybridized carbons (Fsp3) is 0.310. The normalized spacial score (nSPS) is 12.6. The summed E-state index contributed by atoms with van der Waals surface area (Å²) in [5, 5.41) is 10.3. The highest BCUT2D eigenvalue weighted by Crippen LogP contribution is 2.41. The summed E-state index contributed by atoms with van der Waals surface area (Å²) in [5.41, 5.74) is 6.11. The molecule has 0 unspecified atom stereocenters. The molecule has 1 atom stereocenters. The van der Waals surface area contributed by atoms with Crippen LogP contribution in [0.15, 0.2) is 51.7 Å². The average molecular weight is 489 g/mol. The Morgan fingerprint density at radius 3 is 2.19 bits per heavy atom. The molecule has 7 nitrogen and oxygen atoms in total. The molecule has 3 aromatic carbocycles. The van der Waals surface area contributed by atoms with E-state index in [2.05, 4.69) is 9.97 Å². The molecular weight excluding hydrogens is 456 g/mol. The zero-order valence-corrected chi connectivity index (χ0v) is 21.7. The number of carbonyl (C=O) groups is 1. The molecule has 4 aromatic rings. The predicted molar refractivity (Wildman–Crippen MR) is 142 cm³/mol. The van der Waals surface area contributed by atoms with Gasteiger partial charge in [-0.05, 0) is 82.9 Å². The quantitative estimate of drug-likeness (QED) is 0.301. The van der Waals surface area contributed by atoms with Crippen LogP contribution in [-0.2, 0) is 9.53 Å². The molecule has 0 spiro atoms. The fourth-order valence-corrected chi connectivity index (χ4v) is 4.49. The summed E-state index contributed by atoms with van der Waals surface area (Å²) in [7, 11) is 0. The summed E-state index contributed by atoms with van der Waals surface area (Å²) in [6, 6.07) is 13.5. The number of aromatic amines is 2. The van der Waals surface area contributed by atoms with Crippen molar-refractivity contribution in [3.63, 3.8) is 0 Å². The van der Waals surface area contributed by atoms with Crippen LogP contribution in [0.4, 0.5) is 0 Å². The van der Waals surface area contributed by atoms with E-state index in [4.69, 9.17) is 9.15 Å². The lowest BCUT2D eigenvalue weighted by molar-refractivity contribution is -0.160. The van der Waals surface area contributed by atoms with Crippen molar-refractivity contribution < 1.29 is 19.1 Å². The number of aliphatic carboxylic acids is 1. The number of aryl methyl sites for hydroxylation is 4. The highest BCUT2D eigenvalue weighted by atomic mass is 16.5. The van der Waals surface area contributed by atoms with E-state index in [0.29, 0.717) is 44.5 Å². The zero-order valence-electron chi connectivity index (χ0n) is 21.7. The van der Waals surface area contributed by atoms with E-state index in [1.165, 1.54) is 0 Å². The number of fused-ring (bicyclic) bond motifs is 2. The summed E-state index contributed by atoms with van der Waals surface area (Å²) >= 11 is 0. The van der Waals surface area contributed by atoms with Gasteiger partial charge in [-0.25, -0.2) is 9.59 Å². The topological polar surface area (TPSA) is 108 Å². The number of carboxylic acid groups (broad SMARTS) is 1. The first-order valence-electron chi connectivity index (χ1n) is 11.9. The molecule has 0 saturated carbocycles. The Labute approximate surface area is 209 Å². The molecule has 3 N–H and O–H groups in total. The minimum Gasteiger partial charge on any atom is -0.479 e. The van der Waals surface area contributed by atoms with Crippen molar-refractivity contribution >= 4 is 28.2 Å². The van der Waals surface area contributed by atoms with Crippen molar-refractivity contribution in [1.29, 1.82) is 0 Å². The van der Waals surface area contributed by atoms with Crippen LogP contribution in [0.2, 0.25) is 0 Å². The number of nitrogens with one attached hydrogen (secondary N) is 2. The van der Waals surface area contributed by atoms with Crippen molar-refractivity contribution in [2.75, 3.05) is 0 Å². The van der Waals surface area contributed by atoms with Gasteiger partial charge in [0.25, 0.3) is 0 Å². The summed E-state index contributed by atoms with van der Waals surface area (Å²) in [6.07, 6.45) is -1.27. The molecule has 0 radical (unpaired) electrons. The van der Waals surface area contributed by atoms with E-state index in [1.54, 1.807) is 6.92 Å². The van der Waals surface area contributed by atoms with Gasteiger partial charge >= 0.3 is 11.7 Å². The molecule has 0 aliphatic heterocycles. The van der Waals surface area contributed by atoms with Gasteiger partial charge in [-0.1, -0.05) is 35.9 Å². The molecular formula is C29H32N2O5. The number of carboxylic acids is 1. The van der Waals surface area contributed by atoms with Crippen molar-refractivity contribution in [3.05, 3.63) is 80.8 Å². The van der Waals surface area contributed by atoms with Crippen molar-refractivity contribution in [2.45, 2.75) is 60.2 Å². The fourth-order valence-electron chi connectivity index (χ4n) is 4.49. The van der Waals surface area contributed by atoms with E-state index in [-0.39, 0.29) is 0 Å². The van der Waals surface area contributed by atoms with Gasteiger partial charge < -0.3 is 24.2 Å². The molecule has 1 heterocycles. The number of benzene rings is 3. The number of aromatic nitrogens is 2. The Morgan fingerprint density at radius 2 is 1.58 bits per heavy atom. The van der Waals surface area contributed by atoms with Crippen LogP contribution in [0.5, 0.6) is 0 Å². The number of ether oxygens (including phenoxy) is 1. The second-order valence-electron chi connectivity index (χ2n) is 10.2. The van der Waals surface area contributed by atoms with E-state index in [0.717, 1.165) is 16.7 Å². The van der Waals surface area contributed by atoms with Crippen LogP contribution in [0.3, 0.4) is 0 Å². The maximum atomic E-state index is 12.9. The lowest BCUT2D eigenvalue weighted by Gasteiger charge is -2.29. The molecule has 1 aromatic heterocycles. The van der Waals surface area contributed by atoms with Gasteiger partial charge in [0.2, 0.25) is 0 Å². The third-order valence-electron chi connectivity index (χ3n) is 6.12. The Balaban J connectivity index is 2.23. The molecule has 188 valence electrons. The summed E-state index contributed by atoms with van der Waals surface area (Å²) in [6.45, 7) is 13.0. The number of hydrogen-bond acceptors (Lipinski definition) is 4. The van der Waals surface area contributed by atoms with E-state index in [1.807, 2.05) is 84.0 Å². The highest BCUT2D eigenvalue weighted by Gasteiger charge is 2.33.